The standard InChI is InChI=1S/C25H52N2O2.Pt/c1-3-4-5-6-7-8-9-10-11-12-13-14-15-16-17-18-19-24(2)28-22-25(20-26,21-27)23-29-24;/h3-23,26-27H2,1-2H3;. The first kappa shape index (κ1) is 30.5. The summed E-state index contributed by atoms with van der Waals surface area (Å²) in [4.78, 5) is 0. The summed E-state index contributed by atoms with van der Waals surface area (Å²) < 4.78 is 12.0. The van der Waals surface area contributed by atoms with Gasteiger partial charge in [-0.3, -0.25) is 0 Å². The van der Waals surface area contributed by atoms with Gasteiger partial charge in [0.2, 0.25) is 0 Å². The molecule has 30 heavy (non-hydrogen) atoms. The third-order valence-corrected chi connectivity index (χ3v) is 6.72. The molecule has 4 nitrogen and oxygen atoms in total. The van der Waals surface area contributed by atoms with Crippen molar-refractivity contribution in [3.05, 3.63) is 0 Å². The number of rotatable bonds is 19. The molecule has 0 unspecified atom stereocenters. The predicted octanol–water partition coefficient (Wildman–Crippen LogP) is 6.30. The summed E-state index contributed by atoms with van der Waals surface area (Å²) in [7, 11) is 0. The molecule has 1 rings (SSSR count). The molecule has 1 saturated heterocycles. The maximum Gasteiger partial charge on any atom is 0.165 e. The van der Waals surface area contributed by atoms with Crippen LogP contribution in [0.5, 0.6) is 0 Å². The Hall–Kier alpha value is 0.528. The second-order valence-electron chi connectivity index (χ2n) is 9.67. The molecule has 0 amide bonds. The van der Waals surface area contributed by atoms with Crippen LogP contribution in [0.3, 0.4) is 0 Å². The second kappa shape index (κ2) is 19.0. The molecule has 0 spiro atoms. The van der Waals surface area contributed by atoms with Crippen molar-refractivity contribution >= 4 is 0 Å². The van der Waals surface area contributed by atoms with Crippen molar-refractivity contribution in [2.24, 2.45) is 16.9 Å². The molecule has 0 aromatic heterocycles. The van der Waals surface area contributed by atoms with Crippen LogP contribution in [-0.2, 0) is 30.5 Å². The van der Waals surface area contributed by atoms with E-state index in [9.17, 15) is 0 Å². The van der Waals surface area contributed by atoms with Crippen LogP contribution in [0.2, 0.25) is 0 Å². The molecule has 1 aliphatic heterocycles. The zero-order chi connectivity index (χ0) is 21.3. The molecule has 0 atom stereocenters. The van der Waals surface area contributed by atoms with E-state index >= 15 is 0 Å². The van der Waals surface area contributed by atoms with E-state index in [4.69, 9.17) is 20.9 Å². The van der Waals surface area contributed by atoms with Crippen LogP contribution in [-0.4, -0.2) is 32.1 Å². The van der Waals surface area contributed by atoms with E-state index in [-0.39, 0.29) is 26.5 Å². The van der Waals surface area contributed by atoms with E-state index in [1.54, 1.807) is 0 Å². The molecule has 0 radical (unpaired) electrons. The van der Waals surface area contributed by atoms with E-state index < -0.39 is 5.79 Å². The molecular formula is C25H52N2O2Pt. The topological polar surface area (TPSA) is 70.5 Å². The van der Waals surface area contributed by atoms with Crippen LogP contribution >= 0.6 is 0 Å². The number of hydrogen-bond donors (Lipinski definition) is 2. The van der Waals surface area contributed by atoms with Gasteiger partial charge in [-0.25, -0.2) is 0 Å². The fourth-order valence-corrected chi connectivity index (χ4v) is 4.15. The number of ether oxygens (including phenoxy) is 2. The Morgan fingerprint density at radius 3 is 1.27 bits per heavy atom. The van der Waals surface area contributed by atoms with E-state index in [1.165, 1.54) is 103 Å². The zero-order valence-electron chi connectivity index (χ0n) is 20.1. The maximum atomic E-state index is 6.01. The molecule has 1 heterocycles. The molecule has 0 aliphatic carbocycles. The average Bonchev–Trinajstić information content (AvgIpc) is 2.74. The minimum atomic E-state index is -0.441. The third-order valence-electron chi connectivity index (χ3n) is 6.72. The van der Waals surface area contributed by atoms with E-state index in [1.807, 2.05) is 0 Å². The summed E-state index contributed by atoms with van der Waals surface area (Å²) in [6.07, 6.45) is 23.3. The first-order valence-corrected chi connectivity index (χ1v) is 12.8. The van der Waals surface area contributed by atoms with Crippen LogP contribution in [0.4, 0.5) is 0 Å². The van der Waals surface area contributed by atoms with Gasteiger partial charge < -0.3 is 20.9 Å². The van der Waals surface area contributed by atoms with Gasteiger partial charge in [0.05, 0.1) is 13.2 Å². The van der Waals surface area contributed by atoms with E-state index in [0.29, 0.717) is 26.3 Å². The molecule has 1 fully saturated rings. The Balaban J connectivity index is 0.00000841. The average molecular weight is 608 g/mol. The monoisotopic (exact) mass is 607 g/mol. The Morgan fingerprint density at radius 2 is 0.933 bits per heavy atom. The molecule has 4 N–H and O–H groups in total. The molecule has 0 bridgehead atoms. The van der Waals surface area contributed by atoms with Crippen molar-refractivity contribution in [2.45, 2.75) is 129 Å². The Kier molecular flexibility index (Phi) is 19.4. The molecular weight excluding hydrogens is 555 g/mol. The van der Waals surface area contributed by atoms with Crippen molar-refractivity contribution in [1.82, 2.24) is 0 Å². The van der Waals surface area contributed by atoms with Gasteiger partial charge in [0, 0.05) is 46.0 Å². The van der Waals surface area contributed by atoms with Gasteiger partial charge in [-0.15, -0.1) is 0 Å². The van der Waals surface area contributed by atoms with Gasteiger partial charge in [-0.1, -0.05) is 103 Å². The second-order valence-corrected chi connectivity index (χ2v) is 9.67. The van der Waals surface area contributed by atoms with Gasteiger partial charge >= 0.3 is 0 Å². The molecule has 184 valence electrons. The number of hydrogen-bond acceptors (Lipinski definition) is 4. The normalized spacial score (nSPS) is 17.6. The van der Waals surface area contributed by atoms with Crippen molar-refractivity contribution in [3.63, 3.8) is 0 Å². The van der Waals surface area contributed by atoms with Crippen LogP contribution in [0.25, 0.3) is 0 Å². The van der Waals surface area contributed by atoms with Crippen LogP contribution in [0, 0.1) is 5.41 Å². The summed E-state index contributed by atoms with van der Waals surface area (Å²) in [5.74, 6) is -0.441. The zero-order valence-corrected chi connectivity index (χ0v) is 22.4. The minimum Gasteiger partial charge on any atom is -0.349 e. The quantitative estimate of drug-likeness (QED) is 0.169. The first-order chi connectivity index (χ1) is 14.1. The summed E-state index contributed by atoms with van der Waals surface area (Å²) in [5.41, 5.74) is 11.5. The Bertz CT molecular complexity index is 368. The number of nitrogens with two attached hydrogens (primary N) is 2. The van der Waals surface area contributed by atoms with Crippen molar-refractivity contribution in [2.75, 3.05) is 26.3 Å². The Morgan fingerprint density at radius 1 is 0.600 bits per heavy atom. The molecule has 0 saturated carbocycles. The van der Waals surface area contributed by atoms with Crippen molar-refractivity contribution in [3.8, 4) is 0 Å². The van der Waals surface area contributed by atoms with Gasteiger partial charge in [0.25, 0.3) is 0 Å². The van der Waals surface area contributed by atoms with Crippen LogP contribution in [0.15, 0.2) is 0 Å². The fourth-order valence-electron chi connectivity index (χ4n) is 4.15. The molecule has 1 aliphatic rings. The Labute approximate surface area is 202 Å². The largest absolute Gasteiger partial charge is 0.349 e. The summed E-state index contributed by atoms with van der Waals surface area (Å²) >= 11 is 0. The number of unbranched alkanes of at least 4 members (excludes halogenated alkanes) is 15. The minimum absolute atomic E-state index is 0. The summed E-state index contributed by atoms with van der Waals surface area (Å²) in [5, 5.41) is 0. The SMILES string of the molecule is CCCCCCCCCCCCCCCCCCC1(C)OCC(CN)(CN)CO1.[Pt]. The summed E-state index contributed by atoms with van der Waals surface area (Å²) in [6, 6.07) is 0. The predicted molar refractivity (Wildman–Crippen MR) is 125 cm³/mol. The van der Waals surface area contributed by atoms with Gasteiger partial charge in [-0.05, 0) is 13.3 Å². The smallest absolute Gasteiger partial charge is 0.165 e. The van der Waals surface area contributed by atoms with Gasteiger partial charge in [-0.2, -0.15) is 0 Å². The maximum absolute atomic E-state index is 6.01. The summed E-state index contributed by atoms with van der Waals surface area (Å²) in [6.45, 7) is 6.65. The molecule has 0 aromatic carbocycles. The van der Waals surface area contributed by atoms with Gasteiger partial charge in [0.15, 0.2) is 5.79 Å². The van der Waals surface area contributed by atoms with E-state index in [2.05, 4.69) is 13.8 Å². The van der Waals surface area contributed by atoms with Crippen molar-refractivity contribution < 1.29 is 30.5 Å². The molecule has 5 heteroatoms. The molecule has 0 aromatic rings. The van der Waals surface area contributed by atoms with Crippen molar-refractivity contribution in [1.29, 1.82) is 0 Å². The van der Waals surface area contributed by atoms with Crippen LogP contribution < -0.4 is 11.5 Å². The van der Waals surface area contributed by atoms with Gasteiger partial charge in [0.1, 0.15) is 0 Å². The first-order valence-electron chi connectivity index (χ1n) is 12.8. The van der Waals surface area contributed by atoms with E-state index in [0.717, 1.165) is 6.42 Å². The van der Waals surface area contributed by atoms with Crippen LogP contribution in [0.1, 0.15) is 123 Å². The third kappa shape index (κ3) is 13.8. The fraction of sp³-hybridized carbons (Fsp3) is 1.00.